The Balaban J connectivity index is 1.46. The number of aromatic amines is 1. The van der Waals surface area contributed by atoms with Crippen molar-refractivity contribution in [2.45, 2.75) is 216 Å². The van der Waals surface area contributed by atoms with Gasteiger partial charge < -0.3 is 124 Å². The molecule has 2 aliphatic heterocycles. The Labute approximate surface area is 665 Å². The van der Waals surface area contributed by atoms with Gasteiger partial charge in [-0.2, -0.15) is 12.6 Å². The van der Waals surface area contributed by atoms with E-state index in [-0.39, 0.29) is 127 Å². The van der Waals surface area contributed by atoms with Crippen molar-refractivity contribution in [2.24, 2.45) is 62.0 Å². The molecular formula is C71H114N24O18S. The number of unbranched alkanes of at least 4 members (excludes halogenated alkanes) is 1. The van der Waals surface area contributed by atoms with Crippen LogP contribution in [0.15, 0.2) is 52.8 Å². The van der Waals surface area contributed by atoms with Crippen molar-refractivity contribution in [2.75, 3.05) is 51.6 Å². The van der Waals surface area contributed by atoms with Crippen molar-refractivity contribution in [1.29, 1.82) is 0 Å². The normalized spacial score (nSPS) is 16.6. The molecule has 632 valence electrons. The minimum atomic E-state index is -1.49. The summed E-state index contributed by atoms with van der Waals surface area (Å²) in [6.07, 6.45) is 3.17. The largest absolute Gasteiger partial charge is 0.481 e. The third-order valence-electron chi connectivity index (χ3n) is 18.9. The van der Waals surface area contributed by atoms with Gasteiger partial charge in [-0.3, -0.25) is 81.9 Å². The fraction of sp³-hybridized carbons (Fsp3) is 0.620. The lowest BCUT2D eigenvalue weighted by molar-refractivity contribution is -0.143. The van der Waals surface area contributed by atoms with Crippen LogP contribution in [0.4, 0.5) is 0 Å². The summed E-state index contributed by atoms with van der Waals surface area (Å²) in [7, 11) is 0. The van der Waals surface area contributed by atoms with Gasteiger partial charge in [0.15, 0.2) is 11.9 Å². The van der Waals surface area contributed by atoms with Gasteiger partial charge in [0.05, 0.1) is 25.5 Å². The fourth-order valence-corrected chi connectivity index (χ4v) is 12.7. The zero-order valence-corrected chi connectivity index (χ0v) is 65.6. The maximum absolute atomic E-state index is 14.7. The minimum Gasteiger partial charge on any atom is -0.481 e. The standard InChI is InChI=1S/C71H114N24O18S/c1-5-39(4)57(66(109)89-46(69(112)113)19-12-28-81-71(77)78)93-61(104)44(18-11-27-80-70(75)76)87-62(105)47(31-40-15-7-6-8-16-40)90-63(106)48(32-41-33-79-37-84-41)86-54(98)35-83-59(102)49(36-114)91-65(108)51-21-14-30-95(51)68(111)56(38(2)3)92-60(103)43(17-9-10-26-72)85-53(97)34-82-58(101)45(23-24-52(74)96)88-64(107)50-20-13-29-94(50)67(110)42(73)22-25-55(99)100/h6-8,15-16,33,37-39,42-51,56-57,114H,5,9-14,17-32,34-36,72-73H2,1-4H3,(H2,74,96)(H,79,84)(H,82,101)(H,83,102)(H,85,97)(H,86,98)(H,87,105)(H,88,107)(H,89,109)(H,90,106)(H,91,108)(H,92,103)(H,93,104)(H,99,100)(H,112,113)(H4,75,76,80)(H4,77,78,81)/t39-,42-,43-,44-,45-,46-,47-,48-,49-,50-,51-,56-,57-/m0/s1. The number of rotatable bonds is 51. The van der Waals surface area contributed by atoms with Crippen LogP contribution in [0.25, 0.3) is 0 Å². The van der Waals surface area contributed by atoms with E-state index < -0.39 is 198 Å². The second kappa shape index (κ2) is 49.3. The molecule has 0 saturated carbocycles. The lowest BCUT2D eigenvalue weighted by atomic mass is 9.96. The SMILES string of the molecule is CC[C@H](C)[C@H](NC(=O)[C@H](CCCN=C(N)N)NC(=O)[C@H](Cc1ccccc1)NC(=O)[C@H](Cc1cnc[nH]1)NC(=O)CNC(=O)[C@H](CS)NC(=O)[C@@H]1CCCN1C(=O)[C@@H](NC(=O)[C@H](CCCCN)NC(=O)CNC(=O)[C@H](CCC(N)=O)NC(=O)[C@@H]1CCCN1C(=O)[C@@H](N)CCC(=O)O)C(C)C)C(=O)N[C@@H](CCCN=C(N)N)C(=O)O. The summed E-state index contributed by atoms with van der Waals surface area (Å²) >= 11 is 4.30. The number of hydrogen-bond acceptors (Lipinski definition) is 22. The highest BCUT2D eigenvalue weighted by Gasteiger charge is 2.43. The number of imidazole rings is 1. The number of nitrogens with zero attached hydrogens (tertiary/aromatic N) is 5. The quantitative estimate of drug-likeness (QED) is 0.0127. The van der Waals surface area contributed by atoms with Crippen molar-refractivity contribution < 1.29 is 86.9 Å². The third kappa shape index (κ3) is 32.8. The second-order valence-corrected chi connectivity index (χ2v) is 28.5. The molecule has 0 spiro atoms. The van der Waals surface area contributed by atoms with Crippen molar-refractivity contribution in [3.8, 4) is 0 Å². The van der Waals surface area contributed by atoms with Crippen molar-refractivity contribution in [3.63, 3.8) is 0 Å². The van der Waals surface area contributed by atoms with Gasteiger partial charge in [0.1, 0.15) is 66.5 Å². The van der Waals surface area contributed by atoms with E-state index in [1.54, 1.807) is 58.0 Å². The topological polar surface area (TPSA) is 688 Å². The monoisotopic (exact) mass is 1620 g/mol. The molecule has 2 aliphatic rings. The maximum atomic E-state index is 14.7. The number of carboxylic acid groups (broad SMARTS) is 2. The molecule has 4 rings (SSSR count). The minimum absolute atomic E-state index is 0.00301. The van der Waals surface area contributed by atoms with Gasteiger partial charge in [-0.25, -0.2) is 9.78 Å². The molecule has 114 heavy (non-hydrogen) atoms. The Morgan fingerprint density at radius 1 is 0.553 bits per heavy atom. The van der Waals surface area contributed by atoms with Gasteiger partial charge in [0.2, 0.25) is 82.7 Å². The molecule has 43 heteroatoms. The number of carboxylic acids is 2. The third-order valence-corrected chi connectivity index (χ3v) is 19.3. The number of carbonyl (C=O) groups excluding carboxylic acids is 14. The Kier molecular flexibility index (Phi) is 41.1. The highest BCUT2D eigenvalue weighted by Crippen LogP contribution is 2.23. The maximum Gasteiger partial charge on any atom is 0.326 e. The highest BCUT2D eigenvalue weighted by molar-refractivity contribution is 7.80. The number of likely N-dealkylation sites (tertiary alicyclic amines) is 2. The smallest absolute Gasteiger partial charge is 0.326 e. The van der Waals surface area contributed by atoms with Crippen LogP contribution in [-0.2, 0) is 89.6 Å². The van der Waals surface area contributed by atoms with Crippen molar-refractivity contribution >= 4 is 119 Å². The molecule has 2 fully saturated rings. The number of primary amides is 1. The summed E-state index contributed by atoms with van der Waals surface area (Å²) in [5, 5.41) is 47.4. The van der Waals surface area contributed by atoms with E-state index in [0.29, 0.717) is 43.4 Å². The van der Waals surface area contributed by atoms with Crippen molar-refractivity contribution in [3.05, 3.63) is 54.1 Å². The molecule has 1 aromatic carbocycles. The first-order valence-corrected chi connectivity index (χ1v) is 38.5. The Morgan fingerprint density at radius 2 is 1.04 bits per heavy atom. The summed E-state index contributed by atoms with van der Waals surface area (Å²) in [5.74, 6) is -16.2. The van der Waals surface area contributed by atoms with E-state index in [1.165, 1.54) is 22.3 Å². The van der Waals surface area contributed by atoms with E-state index in [2.05, 4.69) is 91.1 Å². The van der Waals surface area contributed by atoms with Crippen LogP contribution in [0, 0.1) is 11.8 Å². The van der Waals surface area contributed by atoms with Crippen LogP contribution in [0.1, 0.15) is 142 Å². The fourth-order valence-electron chi connectivity index (χ4n) is 12.5. The first-order valence-electron chi connectivity index (χ1n) is 37.9. The zero-order chi connectivity index (χ0) is 84.7. The molecular weight excluding hydrogens is 1510 g/mol. The van der Waals surface area contributed by atoms with E-state index >= 15 is 0 Å². The number of thiol groups is 1. The van der Waals surface area contributed by atoms with E-state index in [0.717, 1.165) is 0 Å². The number of nitrogens with one attached hydrogen (secondary N) is 12. The number of aliphatic imine (C=N–C) groups is 2. The number of aliphatic carboxylic acids is 2. The zero-order valence-electron chi connectivity index (χ0n) is 64.7. The Morgan fingerprint density at radius 3 is 1.54 bits per heavy atom. The molecule has 13 atom stereocenters. The number of amides is 14. The van der Waals surface area contributed by atoms with Gasteiger partial charge in [-0.15, -0.1) is 0 Å². The first-order chi connectivity index (χ1) is 54.1. The molecule has 42 nitrogen and oxygen atoms in total. The lowest BCUT2D eigenvalue weighted by Gasteiger charge is -2.32. The van der Waals surface area contributed by atoms with Crippen LogP contribution in [-0.4, -0.2) is 261 Å². The van der Waals surface area contributed by atoms with E-state index in [1.807, 2.05) is 0 Å². The first kappa shape index (κ1) is 95.1. The second-order valence-electron chi connectivity index (χ2n) is 28.2. The summed E-state index contributed by atoms with van der Waals surface area (Å²) in [6, 6.07) is -7.62. The van der Waals surface area contributed by atoms with Gasteiger partial charge >= 0.3 is 11.9 Å². The van der Waals surface area contributed by atoms with Gasteiger partial charge in [0, 0.05) is 69.5 Å². The highest BCUT2D eigenvalue weighted by atomic mass is 32.1. The van der Waals surface area contributed by atoms with Gasteiger partial charge in [-0.05, 0) is 107 Å². The van der Waals surface area contributed by atoms with Crippen LogP contribution in [0.2, 0.25) is 0 Å². The van der Waals surface area contributed by atoms with Crippen LogP contribution in [0.3, 0.4) is 0 Å². The number of nitrogens with two attached hydrogens (primary N) is 7. The summed E-state index contributed by atoms with van der Waals surface area (Å²) in [5.41, 5.74) is 39.9. The average Bonchev–Trinajstić information content (AvgIpc) is 1.59. The molecule has 0 aliphatic carbocycles. The Bertz CT molecular complexity index is 3660. The number of benzene rings is 1. The number of aromatic nitrogens is 2. The molecule has 0 unspecified atom stereocenters. The van der Waals surface area contributed by atoms with Crippen LogP contribution in [0.5, 0.6) is 0 Å². The van der Waals surface area contributed by atoms with Gasteiger partial charge in [0.25, 0.3) is 0 Å². The molecule has 0 bridgehead atoms. The number of guanidine groups is 2. The molecule has 14 amide bonds. The summed E-state index contributed by atoms with van der Waals surface area (Å²) in [6.45, 7) is 5.60. The molecule has 2 saturated heterocycles. The Hall–Kier alpha value is -11.2. The van der Waals surface area contributed by atoms with Crippen LogP contribution >= 0.6 is 12.6 Å². The summed E-state index contributed by atoms with van der Waals surface area (Å²) in [4.78, 5) is 235. The molecule has 1 aromatic heterocycles. The van der Waals surface area contributed by atoms with E-state index in [9.17, 15) is 81.8 Å². The molecule has 0 radical (unpaired) electrons. The summed E-state index contributed by atoms with van der Waals surface area (Å²) < 4.78 is 0. The van der Waals surface area contributed by atoms with Crippen LogP contribution < -0.4 is 98.6 Å². The van der Waals surface area contributed by atoms with E-state index in [4.69, 9.17) is 45.2 Å². The predicted molar refractivity (Wildman–Crippen MR) is 417 cm³/mol. The molecule has 2 aromatic rings. The molecule has 28 N–H and O–H groups in total. The van der Waals surface area contributed by atoms with Gasteiger partial charge in [-0.1, -0.05) is 64.4 Å². The number of hydrogen-bond donors (Lipinski definition) is 22. The van der Waals surface area contributed by atoms with Crippen molar-refractivity contribution in [1.82, 2.24) is 78.3 Å². The molecule has 3 heterocycles. The number of H-pyrrole nitrogens is 1. The number of carbonyl (C=O) groups is 16. The lowest BCUT2D eigenvalue weighted by Crippen LogP contribution is -2.60. The average molecular weight is 1620 g/mol. The predicted octanol–water partition coefficient (Wildman–Crippen LogP) is -6.82.